The molecule has 3 aliphatic rings. The molecule has 0 aromatic rings. The summed E-state index contributed by atoms with van der Waals surface area (Å²) < 4.78 is 26.3. The van der Waals surface area contributed by atoms with Crippen LogP contribution in [0.25, 0.3) is 0 Å². The van der Waals surface area contributed by atoms with Crippen LogP contribution in [0.5, 0.6) is 0 Å². The van der Waals surface area contributed by atoms with Gasteiger partial charge in [0.15, 0.2) is 0 Å². The Bertz CT molecular complexity index is 501. The second kappa shape index (κ2) is 4.98. The molecule has 1 spiro atoms. The van der Waals surface area contributed by atoms with Crippen LogP contribution in [0.1, 0.15) is 45.4 Å². The van der Waals surface area contributed by atoms with Crippen LogP contribution in [-0.2, 0) is 14.8 Å². The molecule has 1 atom stereocenters. The van der Waals surface area contributed by atoms with E-state index in [2.05, 4.69) is 0 Å². The zero-order valence-corrected chi connectivity index (χ0v) is 13.0. The summed E-state index contributed by atoms with van der Waals surface area (Å²) in [5.74, 6) is 0.255. The number of carbonyl (C=O) groups excluding carboxylic acids is 1. The second-order valence-electron chi connectivity index (χ2n) is 6.41. The van der Waals surface area contributed by atoms with Crippen molar-refractivity contribution < 1.29 is 13.2 Å². The molecule has 2 aliphatic heterocycles. The number of hydrogen-bond donors (Lipinski definition) is 0. The van der Waals surface area contributed by atoms with Crippen molar-refractivity contribution in [3.05, 3.63) is 0 Å². The summed E-state index contributed by atoms with van der Waals surface area (Å²) in [6.45, 7) is 4.75. The molecule has 0 bridgehead atoms. The topological polar surface area (TPSA) is 57.7 Å². The number of amides is 1. The molecule has 1 saturated carbocycles. The van der Waals surface area contributed by atoms with Crippen LogP contribution in [0.15, 0.2) is 0 Å². The van der Waals surface area contributed by atoms with E-state index in [-0.39, 0.29) is 16.6 Å². The van der Waals surface area contributed by atoms with E-state index in [9.17, 15) is 13.2 Å². The molecular weight excluding hydrogens is 276 g/mol. The van der Waals surface area contributed by atoms with Gasteiger partial charge in [-0.25, -0.2) is 12.7 Å². The fourth-order valence-electron chi connectivity index (χ4n) is 3.66. The Kier molecular flexibility index (Phi) is 3.57. The van der Waals surface area contributed by atoms with E-state index in [1.165, 1.54) is 0 Å². The van der Waals surface area contributed by atoms with Crippen molar-refractivity contribution in [3.8, 4) is 0 Å². The third-order valence-electron chi connectivity index (χ3n) is 5.19. The lowest BCUT2D eigenvalue weighted by Crippen LogP contribution is -2.37. The first kappa shape index (κ1) is 14.3. The van der Waals surface area contributed by atoms with Crippen LogP contribution in [-0.4, -0.2) is 55.0 Å². The standard InChI is InChI=1S/C14H24N2O3S/c1-2-15-10-7-14(13(15)17)6-3-9-16(11-8-14)20(18,19)12-4-5-12/h12H,2-11H2,1H3. The molecule has 2 saturated heterocycles. The van der Waals surface area contributed by atoms with Crippen LogP contribution in [0, 0.1) is 5.41 Å². The van der Waals surface area contributed by atoms with Crippen molar-refractivity contribution in [2.45, 2.75) is 50.7 Å². The highest BCUT2D eigenvalue weighted by Crippen LogP contribution is 2.42. The van der Waals surface area contributed by atoms with E-state index in [0.29, 0.717) is 19.5 Å². The Labute approximate surface area is 121 Å². The molecule has 114 valence electrons. The minimum Gasteiger partial charge on any atom is -0.342 e. The first-order valence-corrected chi connectivity index (χ1v) is 9.28. The SMILES string of the molecule is CCN1CCC2(CCCN(S(=O)(=O)C3CC3)CC2)C1=O. The van der Waals surface area contributed by atoms with Gasteiger partial charge < -0.3 is 4.90 Å². The van der Waals surface area contributed by atoms with E-state index in [4.69, 9.17) is 0 Å². The lowest BCUT2D eigenvalue weighted by molar-refractivity contribution is -0.136. The summed E-state index contributed by atoms with van der Waals surface area (Å²) >= 11 is 0. The zero-order chi connectivity index (χ0) is 14.4. The summed E-state index contributed by atoms with van der Waals surface area (Å²) in [7, 11) is -3.09. The lowest BCUT2D eigenvalue weighted by Gasteiger charge is -2.26. The van der Waals surface area contributed by atoms with Crippen LogP contribution in [0.2, 0.25) is 0 Å². The number of likely N-dealkylation sites (tertiary alicyclic amines) is 1. The maximum Gasteiger partial charge on any atom is 0.228 e. The van der Waals surface area contributed by atoms with Gasteiger partial charge in [-0.1, -0.05) is 0 Å². The fourth-order valence-corrected chi connectivity index (χ4v) is 5.54. The summed E-state index contributed by atoms with van der Waals surface area (Å²) in [6, 6.07) is 0. The van der Waals surface area contributed by atoms with E-state index >= 15 is 0 Å². The van der Waals surface area contributed by atoms with Crippen molar-refractivity contribution in [1.29, 1.82) is 0 Å². The Morgan fingerprint density at radius 3 is 2.45 bits per heavy atom. The molecule has 5 nitrogen and oxygen atoms in total. The molecule has 0 N–H and O–H groups in total. The summed E-state index contributed by atoms with van der Waals surface area (Å²) in [4.78, 5) is 14.4. The average molecular weight is 300 g/mol. The van der Waals surface area contributed by atoms with E-state index in [0.717, 1.165) is 45.2 Å². The molecule has 0 radical (unpaired) electrons. The van der Waals surface area contributed by atoms with Gasteiger partial charge in [-0.2, -0.15) is 0 Å². The fraction of sp³-hybridized carbons (Fsp3) is 0.929. The molecule has 6 heteroatoms. The first-order chi connectivity index (χ1) is 9.49. The molecule has 1 aliphatic carbocycles. The average Bonchev–Trinajstić information content (AvgIpc) is 3.23. The summed E-state index contributed by atoms with van der Waals surface area (Å²) in [6.07, 6.45) is 4.89. The zero-order valence-electron chi connectivity index (χ0n) is 12.2. The van der Waals surface area contributed by atoms with E-state index < -0.39 is 10.0 Å². The van der Waals surface area contributed by atoms with Crippen LogP contribution >= 0.6 is 0 Å². The highest BCUT2D eigenvalue weighted by molar-refractivity contribution is 7.90. The van der Waals surface area contributed by atoms with E-state index in [1.807, 2.05) is 11.8 Å². The number of rotatable bonds is 3. The molecule has 0 aromatic heterocycles. The van der Waals surface area contributed by atoms with Gasteiger partial charge in [0.1, 0.15) is 0 Å². The van der Waals surface area contributed by atoms with Gasteiger partial charge in [-0.15, -0.1) is 0 Å². The second-order valence-corrected chi connectivity index (χ2v) is 8.63. The quantitative estimate of drug-likeness (QED) is 0.787. The van der Waals surface area contributed by atoms with Gasteiger partial charge >= 0.3 is 0 Å². The molecular formula is C14H24N2O3S. The predicted molar refractivity (Wildman–Crippen MR) is 76.7 cm³/mol. The molecule has 20 heavy (non-hydrogen) atoms. The Hall–Kier alpha value is -0.620. The van der Waals surface area contributed by atoms with Crippen molar-refractivity contribution in [3.63, 3.8) is 0 Å². The predicted octanol–water partition coefficient (Wildman–Crippen LogP) is 1.20. The number of sulfonamides is 1. The molecule has 3 fully saturated rings. The number of carbonyl (C=O) groups is 1. The third kappa shape index (κ3) is 2.26. The largest absolute Gasteiger partial charge is 0.342 e. The Morgan fingerprint density at radius 1 is 1.15 bits per heavy atom. The maximum atomic E-state index is 12.5. The molecule has 1 amide bonds. The van der Waals surface area contributed by atoms with Crippen molar-refractivity contribution >= 4 is 15.9 Å². The molecule has 1 unspecified atom stereocenters. The third-order valence-corrected chi connectivity index (χ3v) is 7.59. The Balaban J connectivity index is 1.73. The smallest absolute Gasteiger partial charge is 0.228 e. The van der Waals surface area contributed by atoms with Crippen LogP contribution < -0.4 is 0 Å². The van der Waals surface area contributed by atoms with Crippen molar-refractivity contribution in [1.82, 2.24) is 9.21 Å². The maximum absolute atomic E-state index is 12.5. The van der Waals surface area contributed by atoms with Crippen molar-refractivity contribution in [2.75, 3.05) is 26.2 Å². The monoisotopic (exact) mass is 300 g/mol. The minimum absolute atomic E-state index is 0.136. The van der Waals surface area contributed by atoms with Gasteiger partial charge in [0.25, 0.3) is 0 Å². The van der Waals surface area contributed by atoms with E-state index in [1.54, 1.807) is 4.31 Å². The van der Waals surface area contributed by atoms with Crippen molar-refractivity contribution in [2.24, 2.45) is 5.41 Å². The Morgan fingerprint density at radius 2 is 1.85 bits per heavy atom. The van der Waals surface area contributed by atoms with Gasteiger partial charge in [0.05, 0.1) is 10.7 Å². The van der Waals surface area contributed by atoms with Crippen LogP contribution in [0.4, 0.5) is 0 Å². The lowest BCUT2D eigenvalue weighted by atomic mass is 9.79. The van der Waals surface area contributed by atoms with Gasteiger partial charge in [0.2, 0.25) is 15.9 Å². The first-order valence-electron chi connectivity index (χ1n) is 7.78. The van der Waals surface area contributed by atoms with Gasteiger partial charge in [0, 0.05) is 26.2 Å². The van der Waals surface area contributed by atoms with Gasteiger partial charge in [-0.3, -0.25) is 4.79 Å². The highest BCUT2D eigenvalue weighted by atomic mass is 32.2. The normalized spacial score (nSPS) is 32.9. The number of hydrogen-bond acceptors (Lipinski definition) is 3. The van der Waals surface area contributed by atoms with Crippen LogP contribution in [0.3, 0.4) is 0 Å². The number of nitrogens with zero attached hydrogens (tertiary/aromatic N) is 2. The summed E-state index contributed by atoms with van der Waals surface area (Å²) in [5.41, 5.74) is -0.274. The summed E-state index contributed by atoms with van der Waals surface area (Å²) in [5, 5.41) is -0.136. The molecule has 3 rings (SSSR count). The minimum atomic E-state index is -3.09. The highest BCUT2D eigenvalue weighted by Gasteiger charge is 2.48. The molecule has 0 aromatic carbocycles. The van der Waals surface area contributed by atoms with Gasteiger partial charge in [-0.05, 0) is 45.4 Å². The molecule has 2 heterocycles.